The predicted octanol–water partition coefficient (Wildman–Crippen LogP) is 3.44. The molecule has 6 rings (SSSR count). The molecule has 1 aromatic carbocycles. The van der Waals surface area contributed by atoms with Gasteiger partial charge in [0.15, 0.2) is 5.82 Å². The first-order valence-electron chi connectivity index (χ1n) is 11.5. The number of pyridine rings is 1. The van der Waals surface area contributed by atoms with Crippen molar-refractivity contribution in [2.24, 2.45) is 7.05 Å². The van der Waals surface area contributed by atoms with Gasteiger partial charge in [-0.1, -0.05) is 36.4 Å². The minimum Gasteiger partial charge on any atom is -0.352 e. The molecule has 0 atom stereocenters. The van der Waals surface area contributed by atoms with E-state index in [1.54, 1.807) is 0 Å². The van der Waals surface area contributed by atoms with Gasteiger partial charge in [0.25, 0.3) is 0 Å². The van der Waals surface area contributed by atoms with Gasteiger partial charge in [-0.15, -0.1) is 0 Å². The number of rotatable bonds is 5. The number of hydrogen-bond donors (Lipinski definition) is 0. The summed E-state index contributed by atoms with van der Waals surface area (Å²) in [6.45, 7) is 3.57. The summed E-state index contributed by atoms with van der Waals surface area (Å²) in [6.07, 6.45) is 10.6. The maximum absolute atomic E-state index is 4.85. The summed E-state index contributed by atoms with van der Waals surface area (Å²) in [6, 6.07) is 16.8. The van der Waals surface area contributed by atoms with Crippen LogP contribution >= 0.6 is 0 Å². The number of aryl methyl sites for hydroxylation is 1. The van der Waals surface area contributed by atoms with E-state index in [4.69, 9.17) is 5.10 Å². The highest BCUT2D eigenvalue weighted by molar-refractivity contribution is 5.66. The minimum absolute atomic E-state index is 0.804. The predicted molar refractivity (Wildman–Crippen MR) is 133 cm³/mol. The van der Waals surface area contributed by atoms with Gasteiger partial charge in [-0.05, 0) is 11.6 Å². The van der Waals surface area contributed by atoms with E-state index in [9.17, 15) is 0 Å². The number of benzene rings is 1. The Kier molecular flexibility index (Phi) is 5.18. The number of fused-ring (bicyclic) bond motifs is 1. The van der Waals surface area contributed by atoms with Crippen LogP contribution in [0.2, 0.25) is 0 Å². The normalized spacial score (nSPS) is 14.1. The molecule has 4 aromatic heterocycles. The third kappa shape index (κ3) is 4.10. The van der Waals surface area contributed by atoms with Crippen LogP contribution in [-0.2, 0) is 13.5 Å². The zero-order valence-corrected chi connectivity index (χ0v) is 19.1. The van der Waals surface area contributed by atoms with Crippen molar-refractivity contribution in [1.29, 1.82) is 0 Å². The molecule has 0 N–H and O–H groups in total. The molecule has 1 saturated heterocycles. The van der Waals surface area contributed by atoms with Gasteiger partial charge in [-0.25, -0.2) is 9.50 Å². The Labute approximate surface area is 198 Å². The van der Waals surface area contributed by atoms with E-state index in [0.717, 1.165) is 66.6 Å². The van der Waals surface area contributed by atoms with E-state index in [1.165, 1.54) is 5.56 Å². The molecule has 0 saturated carbocycles. The lowest BCUT2D eigenvalue weighted by molar-refractivity contribution is 0.638. The zero-order valence-electron chi connectivity index (χ0n) is 19.1. The van der Waals surface area contributed by atoms with Gasteiger partial charge in [0.1, 0.15) is 5.82 Å². The molecule has 0 amide bonds. The van der Waals surface area contributed by atoms with E-state index in [2.05, 4.69) is 73.5 Å². The second-order valence-electron chi connectivity index (χ2n) is 8.69. The van der Waals surface area contributed by atoms with E-state index in [0.29, 0.717) is 0 Å². The Morgan fingerprint density at radius 1 is 0.765 bits per heavy atom. The Balaban J connectivity index is 1.11. The summed E-state index contributed by atoms with van der Waals surface area (Å²) in [5.74, 6) is 1.94. The smallest absolute Gasteiger partial charge is 0.151 e. The molecule has 1 aliphatic heterocycles. The van der Waals surface area contributed by atoms with E-state index in [-0.39, 0.29) is 0 Å². The molecule has 5 heterocycles. The number of piperazine rings is 1. The number of hydrogen-bond acceptors (Lipinski definition) is 6. The van der Waals surface area contributed by atoms with Crippen LogP contribution in [0, 0.1) is 0 Å². The van der Waals surface area contributed by atoms with Crippen molar-refractivity contribution in [1.82, 2.24) is 29.4 Å². The second kappa shape index (κ2) is 8.62. The summed E-state index contributed by atoms with van der Waals surface area (Å²) in [7, 11) is 1.93. The molecule has 34 heavy (non-hydrogen) atoms. The van der Waals surface area contributed by atoms with Crippen molar-refractivity contribution in [2.45, 2.75) is 6.42 Å². The van der Waals surface area contributed by atoms with Crippen LogP contribution in [0.1, 0.15) is 11.3 Å². The SMILES string of the molecule is Cn1cc(-c2ccc3cc(N4CCN(c5cnc(Cc6ccccc6)cn5)CC4)nn3c2)cn1. The minimum atomic E-state index is 0.804. The molecule has 0 radical (unpaired) electrons. The Morgan fingerprint density at radius 3 is 2.26 bits per heavy atom. The number of anilines is 2. The topological polar surface area (TPSA) is 67.4 Å². The van der Waals surface area contributed by atoms with Crippen LogP contribution in [0.3, 0.4) is 0 Å². The molecule has 170 valence electrons. The molecule has 5 aromatic rings. The highest BCUT2D eigenvalue weighted by atomic mass is 15.4. The van der Waals surface area contributed by atoms with E-state index in [1.807, 2.05) is 47.1 Å². The fourth-order valence-electron chi connectivity index (χ4n) is 4.44. The van der Waals surface area contributed by atoms with E-state index < -0.39 is 0 Å². The fraction of sp³-hybridized carbons (Fsp3) is 0.231. The molecular weight excluding hydrogens is 424 g/mol. The van der Waals surface area contributed by atoms with Crippen molar-refractivity contribution in [3.63, 3.8) is 0 Å². The summed E-state index contributed by atoms with van der Waals surface area (Å²) in [4.78, 5) is 14.0. The average Bonchev–Trinajstić information content (AvgIpc) is 3.51. The molecule has 1 aliphatic rings. The summed E-state index contributed by atoms with van der Waals surface area (Å²) < 4.78 is 3.77. The van der Waals surface area contributed by atoms with Gasteiger partial charge in [0.05, 0.1) is 29.8 Å². The van der Waals surface area contributed by atoms with Crippen LogP contribution in [-0.4, -0.2) is 55.5 Å². The van der Waals surface area contributed by atoms with Crippen molar-refractivity contribution in [2.75, 3.05) is 36.0 Å². The maximum atomic E-state index is 4.85. The lowest BCUT2D eigenvalue weighted by atomic mass is 10.1. The fourth-order valence-corrected chi connectivity index (χ4v) is 4.44. The first-order valence-corrected chi connectivity index (χ1v) is 11.5. The Bertz CT molecular complexity index is 1400. The summed E-state index contributed by atoms with van der Waals surface area (Å²) >= 11 is 0. The lowest BCUT2D eigenvalue weighted by Gasteiger charge is -2.35. The van der Waals surface area contributed by atoms with Gasteiger partial charge < -0.3 is 9.80 Å². The molecule has 0 bridgehead atoms. The Morgan fingerprint density at radius 2 is 1.56 bits per heavy atom. The van der Waals surface area contributed by atoms with Crippen molar-refractivity contribution < 1.29 is 0 Å². The van der Waals surface area contributed by atoms with Crippen molar-refractivity contribution in [3.05, 3.63) is 90.8 Å². The standard InChI is InChI=1S/C26H26N8/c1-31-18-22(15-29-31)21-7-8-24-14-25(30-34(24)19-21)32-9-11-33(12-10-32)26-17-27-23(16-28-26)13-20-5-3-2-4-6-20/h2-8,14-19H,9-13H2,1H3. The first kappa shape index (κ1) is 20.4. The Hall–Kier alpha value is -4.20. The zero-order chi connectivity index (χ0) is 22.9. The molecular formula is C26H26N8. The molecule has 0 spiro atoms. The highest BCUT2D eigenvalue weighted by Crippen LogP contribution is 2.23. The first-order chi connectivity index (χ1) is 16.7. The average molecular weight is 451 g/mol. The largest absolute Gasteiger partial charge is 0.352 e. The quantitative estimate of drug-likeness (QED) is 0.409. The van der Waals surface area contributed by atoms with Crippen LogP contribution in [0.4, 0.5) is 11.6 Å². The third-order valence-corrected chi connectivity index (χ3v) is 6.33. The number of aromatic nitrogens is 6. The molecule has 8 nitrogen and oxygen atoms in total. The monoisotopic (exact) mass is 450 g/mol. The molecule has 8 heteroatoms. The molecule has 0 aliphatic carbocycles. The molecule has 0 unspecified atom stereocenters. The van der Waals surface area contributed by atoms with E-state index >= 15 is 0 Å². The second-order valence-corrected chi connectivity index (χ2v) is 8.69. The summed E-state index contributed by atoms with van der Waals surface area (Å²) in [5.41, 5.74) is 5.52. The van der Waals surface area contributed by atoms with Gasteiger partial charge >= 0.3 is 0 Å². The highest BCUT2D eigenvalue weighted by Gasteiger charge is 2.20. The van der Waals surface area contributed by atoms with Gasteiger partial charge in [-0.3, -0.25) is 9.67 Å². The van der Waals surface area contributed by atoms with Crippen LogP contribution < -0.4 is 9.80 Å². The van der Waals surface area contributed by atoms with Crippen LogP contribution in [0.5, 0.6) is 0 Å². The molecule has 1 fully saturated rings. The van der Waals surface area contributed by atoms with Crippen molar-refractivity contribution in [3.8, 4) is 11.1 Å². The third-order valence-electron chi connectivity index (χ3n) is 6.33. The lowest BCUT2D eigenvalue weighted by Crippen LogP contribution is -2.47. The maximum Gasteiger partial charge on any atom is 0.151 e. The van der Waals surface area contributed by atoms with Gasteiger partial charge in [-0.2, -0.15) is 10.2 Å². The van der Waals surface area contributed by atoms with Crippen molar-refractivity contribution >= 4 is 17.2 Å². The van der Waals surface area contributed by atoms with Gasteiger partial charge in [0, 0.05) is 69.2 Å². The van der Waals surface area contributed by atoms with Gasteiger partial charge in [0.2, 0.25) is 0 Å². The van der Waals surface area contributed by atoms with Crippen LogP contribution in [0.25, 0.3) is 16.6 Å². The summed E-state index contributed by atoms with van der Waals surface area (Å²) in [5, 5.41) is 9.12. The van der Waals surface area contributed by atoms with Crippen LogP contribution in [0.15, 0.2) is 79.5 Å². The number of nitrogens with zero attached hydrogens (tertiary/aromatic N) is 8.